The van der Waals surface area contributed by atoms with Crippen molar-refractivity contribution in [2.45, 2.75) is 18.1 Å². The van der Waals surface area contributed by atoms with Gasteiger partial charge in [-0.3, -0.25) is 4.79 Å². The minimum atomic E-state index is -0.826. The third-order valence-corrected chi connectivity index (χ3v) is 4.10. The van der Waals surface area contributed by atoms with Gasteiger partial charge in [-0.25, -0.2) is 0 Å². The van der Waals surface area contributed by atoms with Gasteiger partial charge in [0.05, 0.1) is 6.07 Å². The molecule has 19 heavy (non-hydrogen) atoms. The molecule has 1 aromatic carbocycles. The predicted octanol–water partition coefficient (Wildman–Crippen LogP) is 2.81. The van der Waals surface area contributed by atoms with E-state index in [0.717, 1.165) is 16.5 Å². The summed E-state index contributed by atoms with van der Waals surface area (Å²) < 4.78 is 0. The lowest BCUT2D eigenvalue weighted by Gasteiger charge is -2.10. The zero-order valence-electron chi connectivity index (χ0n) is 10.3. The number of nitriles is 1. The van der Waals surface area contributed by atoms with Crippen molar-refractivity contribution in [1.82, 2.24) is 4.98 Å². The second-order valence-corrected chi connectivity index (χ2v) is 5.48. The summed E-state index contributed by atoms with van der Waals surface area (Å²) in [7, 11) is 0. The number of hydrogen-bond acceptors (Lipinski definition) is 3. The maximum absolute atomic E-state index is 11.2. The highest BCUT2D eigenvalue weighted by Gasteiger charge is 2.19. The molecule has 1 aromatic heterocycles. The van der Waals surface area contributed by atoms with Gasteiger partial charge in [0.2, 0.25) is 0 Å². The number of para-hydroxylation sites is 1. The zero-order valence-corrected chi connectivity index (χ0v) is 11.1. The van der Waals surface area contributed by atoms with Crippen molar-refractivity contribution in [2.75, 3.05) is 5.75 Å². The highest BCUT2D eigenvalue weighted by atomic mass is 32.2. The molecule has 0 fully saturated rings. The molecule has 0 aliphatic carbocycles. The van der Waals surface area contributed by atoms with Gasteiger partial charge in [-0.1, -0.05) is 18.2 Å². The third kappa shape index (κ3) is 3.30. The number of nitrogens with one attached hydrogen (secondary N) is 1. The minimum Gasteiger partial charge on any atom is -0.480 e. The summed E-state index contributed by atoms with van der Waals surface area (Å²) in [6.07, 6.45) is 2.71. The Morgan fingerprint density at radius 2 is 2.26 bits per heavy atom. The molecule has 0 aliphatic heterocycles. The molecule has 0 saturated carbocycles. The van der Waals surface area contributed by atoms with Crippen molar-refractivity contribution in [2.24, 2.45) is 0 Å². The Kier molecular flexibility index (Phi) is 4.48. The molecule has 0 unspecified atom stereocenters. The molecule has 2 rings (SSSR count). The molecule has 0 saturated heterocycles. The third-order valence-electron chi connectivity index (χ3n) is 2.89. The number of aliphatic carboxylic acids is 1. The molecule has 0 bridgehead atoms. The van der Waals surface area contributed by atoms with E-state index in [1.165, 1.54) is 11.8 Å². The Morgan fingerprint density at radius 1 is 1.47 bits per heavy atom. The molecule has 1 atom stereocenters. The summed E-state index contributed by atoms with van der Waals surface area (Å²) in [5, 5.41) is 18.3. The molecule has 2 N–H and O–H groups in total. The van der Waals surface area contributed by atoms with Crippen LogP contribution in [0.5, 0.6) is 0 Å². The van der Waals surface area contributed by atoms with Gasteiger partial charge < -0.3 is 10.1 Å². The Labute approximate surface area is 115 Å². The Bertz CT molecular complexity index is 615. The number of aromatic amines is 1. The van der Waals surface area contributed by atoms with Crippen LogP contribution in [0.4, 0.5) is 0 Å². The van der Waals surface area contributed by atoms with Gasteiger partial charge in [0, 0.05) is 29.3 Å². The van der Waals surface area contributed by atoms with Crippen LogP contribution in [0, 0.1) is 11.3 Å². The molecule has 0 spiro atoms. The van der Waals surface area contributed by atoms with Gasteiger partial charge >= 0.3 is 5.97 Å². The van der Waals surface area contributed by atoms with E-state index in [4.69, 9.17) is 5.26 Å². The molecule has 2 aromatic rings. The topological polar surface area (TPSA) is 76.9 Å². The summed E-state index contributed by atoms with van der Waals surface area (Å²) in [4.78, 5) is 14.4. The lowest BCUT2D eigenvalue weighted by Crippen LogP contribution is -2.19. The van der Waals surface area contributed by atoms with Crippen LogP contribution in [0.25, 0.3) is 10.9 Å². The second-order valence-electron chi connectivity index (χ2n) is 4.17. The predicted molar refractivity (Wildman–Crippen MR) is 76.1 cm³/mol. The minimum absolute atomic E-state index is 0.377. The summed E-state index contributed by atoms with van der Waals surface area (Å²) in [6.45, 7) is 0. The van der Waals surface area contributed by atoms with E-state index < -0.39 is 11.2 Å². The highest BCUT2D eigenvalue weighted by molar-refractivity contribution is 8.00. The first kappa shape index (κ1) is 13.5. The van der Waals surface area contributed by atoms with Crippen LogP contribution in [-0.2, 0) is 11.2 Å². The first-order valence-corrected chi connectivity index (χ1v) is 7.03. The molecular formula is C14H14N2O2S. The number of fused-ring (bicyclic) bond motifs is 1. The Balaban J connectivity index is 2.12. The van der Waals surface area contributed by atoms with E-state index in [-0.39, 0.29) is 0 Å². The van der Waals surface area contributed by atoms with Crippen LogP contribution in [0.2, 0.25) is 0 Å². The quantitative estimate of drug-likeness (QED) is 0.794. The fraction of sp³-hybridized carbons (Fsp3) is 0.286. The van der Waals surface area contributed by atoms with Crippen LogP contribution in [0.15, 0.2) is 30.5 Å². The normalized spacial score (nSPS) is 12.2. The van der Waals surface area contributed by atoms with Crippen molar-refractivity contribution >= 4 is 28.6 Å². The highest BCUT2D eigenvalue weighted by Crippen LogP contribution is 2.23. The van der Waals surface area contributed by atoms with Crippen LogP contribution in [0.3, 0.4) is 0 Å². The van der Waals surface area contributed by atoms with Gasteiger partial charge in [0.25, 0.3) is 0 Å². The average molecular weight is 274 g/mol. The first-order chi connectivity index (χ1) is 9.22. The Morgan fingerprint density at radius 3 is 3.00 bits per heavy atom. The average Bonchev–Trinajstić information content (AvgIpc) is 2.81. The zero-order chi connectivity index (χ0) is 13.7. The van der Waals surface area contributed by atoms with E-state index >= 15 is 0 Å². The number of benzene rings is 1. The van der Waals surface area contributed by atoms with Gasteiger partial charge in [-0.2, -0.15) is 5.26 Å². The maximum atomic E-state index is 11.2. The number of hydrogen-bond donors (Lipinski definition) is 2. The summed E-state index contributed by atoms with van der Waals surface area (Å²) >= 11 is 1.33. The van der Waals surface area contributed by atoms with E-state index in [9.17, 15) is 9.90 Å². The van der Waals surface area contributed by atoms with Gasteiger partial charge in [0.1, 0.15) is 5.25 Å². The number of rotatable bonds is 6. The van der Waals surface area contributed by atoms with Crippen molar-refractivity contribution in [3.8, 4) is 6.07 Å². The van der Waals surface area contributed by atoms with Crippen molar-refractivity contribution in [3.63, 3.8) is 0 Å². The van der Waals surface area contributed by atoms with Gasteiger partial charge in [0.15, 0.2) is 0 Å². The number of carboxylic acids is 1. The number of nitrogens with zero attached hydrogens (tertiary/aromatic N) is 1. The van der Waals surface area contributed by atoms with Crippen LogP contribution >= 0.6 is 11.8 Å². The number of thioether (sulfide) groups is 1. The van der Waals surface area contributed by atoms with E-state index in [1.807, 2.05) is 36.5 Å². The Hall–Kier alpha value is -1.93. The standard InChI is InChI=1S/C14H14N2O2S/c15-6-3-7-19-13(14(17)18)8-10-9-16-12-5-2-1-4-11(10)12/h1-2,4-5,9,13,16H,3,7-8H2,(H,17,18)/t13-/m0/s1. The van der Waals surface area contributed by atoms with E-state index in [0.29, 0.717) is 18.6 Å². The molecule has 98 valence electrons. The monoisotopic (exact) mass is 274 g/mol. The van der Waals surface area contributed by atoms with Crippen molar-refractivity contribution in [1.29, 1.82) is 5.26 Å². The molecule has 5 heteroatoms. The first-order valence-electron chi connectivity index (χ1n) is 5.98. The summed E-state index contributed by atoms with van der Waals surface area (Å²) in [5.41, 5.74) is 2.02. The summed E-state index contributed by atoms with van der Waals surface area (Å²) in [5.74, 6) is -0.274. The second kappa shape index (κ2) is 6.30. The fourth-order valence-corrected chi connectivity index (χ4v) is 2.90. The van der Waals surface area contributed by atoms with E-state index in [1.54, 1.807) is 0 Å². The lowest BCUT2D eigenvalue weighted by molar-refractivity contribution is -0.136. The van der Waals surface area contributed by atoms with Crippen LogP contribution in [-0.4, -0.2) is 27.1 Å². The van der Waals surface area contributed by atoms with Crippen LogP contribution in [0.1, 0.15) is 12.0 Å². The smallest absolute Gasteiger partial charge is 0.316 e. The largest absolute Gasteiger partial charge is 0.480 e. The van der Waals surface area contributed by atoms with Crippen molar-refractivity contribution in [3.05, 3.63) is 36.0 Å². The van der Waals surface area contributed by atoms with Gasteiger partial charge in [-0.15, -0.1) is 11.8 Å². The molecular weight excluding hydrogens is 260 g/mol. The SMILES string of the molecule is N#CCCS[C@@H](Cc1c[nH]c2ccccc12)C(=O)O. The number of aromatic nitrogens is 1. The number of carboxylic acid groups (broad SMARTS) is 1. The maximum Gasteiger partial charge on any atom is 0.316 e. The molecule has 0 amide bonds. The number of carbonyl (C=O) groups is 1. The molecule has 0 aliphatic rings. The van der Waals surface area contributed by atoms with Crippen molar-refractivity contribution < 1.29 is 9.90 Å². The molecule has 0 radical (unpaired) electrons. The summed E-state index contributed by atoms with van der Waals surface area (Å²) in [6, 6.07) is 9.87. The lowest BCUT2D eigenvalue weighted by atomic mass is 10.1. The van der Waals surface area contributed by atoms with E-state index in [2.05, 4.69) is 4.98 Å². The number of H-pyrrole nitrogens is 1. The molecule has 4 nitrogen and oxygen atoms in total. The van der Waals surface area contributed by atoms with Crippen LogP contribution < -0.4 is 0 Å². The molecule has 1 heterocycles. The fourth-order valence-electron chi connectivity index (χ4n) is 1.96. The van der Waals surface area contributed by atoms with Gasteiger partial charge in [-0.05, 0) is 18.1 Å².